The highest BCUT2D eigenvalue weighted by atomic mass is 32.2. The second-order valence-electron chi connectivity index (χ2n) is 11.0. The van der Waals surface area contributed by atoms with Crippen molar-refractivity contribution >= 4 is 38.7 Å². The molecule has 0 aliphatic carbocycles. The van der Waals surface area contributed by atoms with Crippen LogP contribution in [0.15, 0.2) is 42.7 Å². The first-order valence-corrected chi connectivity index (χ1v) is 16.1. The van der Waals surface area contributed by atoms with Crippen LogP contribution in [0.3, 0.4) is 0 Å². The molecule has 0 spiro atoms. The van der Waals surface area contributed by atoms with Gasteiger partial charge in [0.1, 0.15) is 17.9 Å². The van der Waals surface area contributed by atoms with Crippen LogP contribution in [0.25, 0.3) is 10.9 Å². The average molecular weight is 600 g/mol. The van der Waals surface area contributed by atoms with Gasteiger partial charge in [0.15, 0.2) is 21.3 Å². The van der Waals surface area contributed by atoms with Gasteiger partial charge in [0.2, 0.25) is 6.41 Å². The van der Waals surface area contributed by atoms with Gasteiger partial charge in [-0.2, -0.15) is 0 Å². The minimum atomic E-state index is -3.10. The number of aromatic nitrogens is 2. The molecular formula is C30H41N5O6S. The molecule has 1 saturated heterocycles. The summed E-state index contributed by atoms with van der Waals surface area (Å²) in [6.45, 7) is 10.5. The van der Waals surface area contributed by atoms with Gasteiger partial charge in [-0.1, -0.05) is 13.8 Å². The van der Waals surface area contributed by atoms with Crippen molar-refractivity contribution in [2.45, 2.75) is 40.2 Å². The van der Waals surface area contributed by atoms with Crippen molar-refractivity contribution in [1.82, 2.24) is 15.0 Å². The molecule has 11 nitrogen and oxygen atoms in total. The Kier molecular flexibility index (Phi) is 10.4. The Bertz CT molecular complexity index is 1440. The fourth-order valence-electron chi connectivity index (χ4n) is 4.99. The Morgan fingerprint density at radius 2 is 1.71 bits per heavy atom. The molecule has 1 aliphatic heterocycles. The third-order valence-corrected chi connectivity index (χ3v) is 8.86. The van der Waals surface area contributed by atoms with Gasteiger partial charge < -0.3 is 19.1 Å². The highest BCUT2D eigenvalue weighted by Crippen LogP contribution is 2.35. The van der Waals surface area contributed by atoms with Crippen LogP contribution >= 0.6 is 0 Å². The van der Waals surface area contributed by atoms with E-state index in [-0.39, 0.29) is 30.1 Å². The molecule has 1 aliphatic rings. The van der Waals surface area contributed by atoms with Crippen molar-refractivity contribution in [3.05, 3.63) is 42.7 Å². The Morgan fingerprint density at radius 1 is 1.00 bits per heavy atom. The summed E-state index contributed by atoms with van der Waals surface area (Å²) in [5.74, 6) is 2.93. The maximum absolute atomic E-state index is 12.2. The van der Waals surface area contributed by atoms with Crippen LogP contribution in [-0.4, -0.2) is 87.3 Å². The van der Waals surface area contributed by atoms with E-state index < -0.39 is 9.84 Å². The van der Waals surface area contributed by atoms with Gasteiger partial charge in [0, 0.05) is 37.6 Å². The molecule has 2 aromatic carbocycles. The monoisotopic (exact) mass is 599 g/mol. The predicted molar refractivity (Wildman–Crippen MR) is 164 cm³/mol. The van der Waals surface area contributed by atoms with E-state index in [1.807, 2.05) is 63.0 Å². The quantitative estimate of drug-likeness (QED) is 0.199. The summed E-state index contributed by atoms with van der Waals surface area (Å²) in [5, 5.41) is 4.47. The number of sulfone groups is 1. The Hall–Kier alpha value is -3.64. The summed E-state index contributed by atoms with van der Waals surface area (Å²) in [6.07, 6.45) is 2.83. The van der Waals surface area contributed by atoms with E-state index in [1.54, 1.807) is 18.2 Å². The lowest BCUT2D eigenvalue weighted by molar-refractivity contribution is -0.110. The van der Waals surface area contributed by atoms with Gasteiger partial charge in [0.05, 0.1) is 42.5 Å². The van der Waals surface area contributed by atoms with Gasteiger partial charge in [-0.25, -0.2) is 28.4 Å². The molecular weight excluding hydrogens is 558 g/mol. The number of piperazine rings is 1. The number of amides is 1. The van der Waals surface area contributed by atoms with Crippen molar-refractivity contribution in [3.63, 3.8) is 0 Å². The number of hydrogen-bond donors (Lipinski definition) is 0. The Labute approximate surface area is 248 Å². The van der Waals surface area contributed by atoms with Gasteiger partial charge in [-0.05, 0) is 56.5 Å². The molecule has 1 aromatic heterocycles. The highest BCUT2D eigenvalue weighted by Gasteiger charge is 2.25. The van der Waals surface area contributed by atoms with Gasteiger partial charge >= 0.3 is 0 Å². The molecule has 2 heterocycles. The summed E-state index contributed by atoms with van der Waals surface area (Å²) < 4.78 is 41.7. The maximum Gasteiger partial charge on any atom is 0.228 e. The summed E-state index contributed by atoms with van der Waals surface area (Å²) in [6, 6.07) is 11.2. The van der Waals surface area contributed by atoms with E-state index in [2.05, 4.69) is 14.9 Å². The summed E-state index contributed by atoms with van der Waals surface area (Å²) >= 11 is 0. The van der Waals surface area contributed by atoms with Crippen LogP contribution in [0, 0.1) is 5.92 Å². The largest absolute Gasteiger partial charge is 0.493 e. The van der Waals surface area contributed by atoms with Crippen molar-refractivity contribution in [2.75, 3.05) is 61.3 Å². The average Bonchev–Trinajstić information content (AvgIpc) is 2.95. The fraction of sp³-hybridized carbons (Fsp3) is 0.500. The number of ether oxygens (including phenoxy) is 3. The molecule has 0 bridgehead atoms. The fourth-order valence-corrected chi connectivity index (χ4v) is 6.73. The first-order valence-electron chi connectivity index (χ1n) is 14.3. The van der Waals surface area contributed by atoms with Crippen LogP contribution in [0.1, 0.15) is 34.1 Å². The number of benzene rings is 2. The Balaban J connectivity index is 1.42. The molecule has 3 aromatic rings. The van der Waals surface area contributed by atoms with E-state index in [4.69, 9.17) is 14.2 Å². The summed E-state index contributed by atoms with van der Waals surface area (Å²) in [5.41, 5.74) is 1.47. The number of hydrazine groups is 1. The smallest absolute Gasteiger partial charge is 0.228 e. The van der Waals surface area contributed by atoms with Crippen LogP contribution in [0.4, 0.5) is 11.5 Å². The molecule has 228 valence electrons. The van der Waals surface area contributed by atoms with Crippen LogP contribution in [0.2, 0.25) is 0 Å². The molecule has 0 atom stereocenters. The minimum absolute atomic E-state index is 0.0774. The van der Waals surface area contributed by atoms with Gasteiger partial charge in [-0.15, -0.1) is 0 Å². The standard InChI is InChI=1S/C30H41N5O6S/c1-22(2)19-42(37,38)16-6-15-40-29-18-27-26(17-28(29)39-5)30(32-20-31-27)33-11-13-34(14-12-33)35(21-36)24-7-9-25(10-8-24)41-23(3)4/h7-10,17-18,20-23H,6,11-16,19H2,1-5H3. The normalized spacial score (nSPS) is 14.4. The second-order valence-corrected chi connectivity index (χ2v) is 13.2. The SMILES string of the molecule is COc1cc2c(N3CCN(N(C=O)c4ccc(OC(C)C)cc4)CC3)ncnc2cc1OCCCS(=O)(=O)CC(C)C. The van der Waals surface area contributed by atoms with E-state index >= 15 is 0 Å². The Morgan fingerprint density at radius 3 is 2.33 bits per heavy atom. The van der Waals surface area contributed by atoms with E-state index in [0.717, 1.165) is 29.1 Å². The van der Waals surface area contributed by atoms with Gasteiger partial charge in [0.25, 0.3) is 0 Å². The number of rotatable bonds is 14. The lowest BCUT2D eigenvalue weighted by Crippen LogP contribution is -2.54. The first kappa shape index (κ1) is 31.3. The zero-order chi connectivity index (χ0) is 30.3. The number of carbonyl (C=O) groups excluding carboxylic acids is 1. The minimum Gasteiger partial charge on any atom is -0.493 e. The lowest BCUT2D eigenvalue weighted by Gasteiger charge is -2.40. The number of anilines is 2. The van der Waals surface area contributed by atoms with Crippen molar-refractivity contribution in [2.24, 2.45) is 5.92 Å². The van der Waals surface area contributed by atoms with E-state index in [9.17, 15) is 13.2 Å². The van der Waals surface area contributed by atoms with E-state index in [0.29, 0.717) is 49.6 Å². The third-order valence-electron chi connectivity index (χ3n) is 6.78. The zero-order valence-corrected chi connectivity index (χ0v) is 25.8. The number of methoxy groups -OCH3 is 1. The second kappa shape index (κ2) is 14.0. The third kappa shape index (κ3) is 8.01. The summed E-state index contributed by atoms with van der Waals surface area (Å²) in [4.78, 5) is 23.2. The molecule has 42 heavy (non-hydrogen) atoms. The van der Waals surface area contributed by atoms with Crippen molar-refractivity contribution < 1.29 is 27.4 Å². The molecule has 4 rings (SSSR count). The lowest BCUT2D eigenvalue weighted by atomic mass is 10.2. The molecule has 1 fully saturated rings. The van der Waals surface area contributed by atoms with Gasteiger partial charge in [-0.3, -0.25) is 4.79 Å². The van der Waals surface area contributed by atoms with E-state index in [1.165, 1.54) is 6.33 Å². The maximum atomic E-state index is 12.2. The number of carbonyl (C=O) groups is 1. The van der Waals surface area contributed by atoms with Crippen LogP contribution < -0.4 is 24.1 Å². The topological polar surface area (TPSA) is 114 Å². The number of nitrogens with zero attached hydrogens (tertiary/aromatic N) is 5. The molecule has 1 amide bonds. The van der Waals surface area contributed by atoms with Crippen molar-refractivity contribution in [3.8, 4) is 17.2 Å². The summed E-state index contributed by atoms with van der Waals surface area (Å²) in [7, 11) is -1.54. The first-order chi connectivity index (χ1) is 20.1. The molecule has 0 saturated carbocycles. The number of hydrogen-bond acceptors (Lipinski definition) is 10. The molecule has 0 unspecified atom stereocenters. The predicted octanol–water partition coefficient (Wildman–Crippen LogP) is 3.97. The van der Waals surface area contributed by atoms with Crippen LogP contribution in [0.5, 0.6) is 17.2 Å². The molecule has 0 N–H and O–H groups in total. The molecule has 12 heteroatoms. The highest BCUT2D eigenvalue weighted by molar-refractivity contribution is 7.91. The van der Waals surface area contributed by atoms with Crippen molar-refractivity contribution in [1.29, 1.82) is 0 Å². The number of fused-ring (bicyclic) bond motifs is 1. The zero-order valence-electron chi connectivity index (χ0n) is 25.0. The molecule has 0 radical (unpaired) electrons. The van der Waals surface area contributed by atoms with Crippen LogP contribution in [-0.2, 0) is 14.6 Å².